The molecule has 0 unspecified atom stereocenters. The number of aryl methyl sites for hydroxylation is 1. The smallest absolute Gasteiger partial charge is 0.154 e. The molecule has 4 heteroatoms. The molecule has 0 aromatic heterocycles. The molecule has 21 heavy (non-hydrogen) atoms. The minimum absolute atomic E-state index is 0.337. The van der Waals surface area contributed by atoms with Gasteiger partial charge >= 0.3 is 0 Å². The minimum atomic E-state index is 0.337. The Kier molecular flexibility index (Phi) is 5.76. The predicted molar refractivity (Wildman–Crippen MR) is 103 cm³/mol. The molecule has 0 saturated carbocycles. The molecule has 0 bridgehead atoms. The molecule has 0 atom stereocenters. The summed E-state index contributed by atoms with van der Waals surface area (Å²) in [6.07, 6.45) is 0.838. The number of ether oxygens (including phenoxy) is 1. The topological polar surface area (TPSA) is 29.5 Å². The molecular formula is C17H18I2O2. The maximum atomic E-state index is 9.94. The summed E-state index contributed by atoms with van der Waals surface area (Å²) < 4.78 is 8.23. The van der Waals surface area contributed by atoms with Gasteiger partial charge in [0.2, 0.25) is 0 Å². The summed E-state index contributed by atoms with van der Waals surface area (Å²) in [5.41, 5.74) is 2.15. The van der Waals surface area contributed by atoms with Crippen molar-refractivity contribution >= 4 is 45.2 Å². The SMILES string of the molecule is Cc1cc(I)c(Oc2ccc(O)c(CC(C)C)c2)c(I)c1. The molecule has 0 aliphatic rings. The van der Waals surface area contributed by atoms with E-state index in [0.717, 1.165) is 30.6 Å². The van der Waals surface area contributed by atoms with E-state index in [-0.39, 0.29) is 0 Å². The van der Waals surface area contributed by atoms with Crippen molar-refractivity contribution in [3.8, 4) is 17.2 Å². The van der Waals surface area contributed by atoms with Crippen molar-refractivity contribution in [2.45, 2.75) is 27.2 Å². The third-order valence-corrected chi connectivity index (χ3v) is 4.64. The molecular weight excluding hydrogens is 490 g/mol. The van der Waals surface area contributed by atoms with E-state index in [1.807, 2.05) is 12.1 Å². The molecule has 112 valence electrons. The number of benzene rings is 2. The maximum absolute atomic E-state index is 9.94. The van der Waals surface area contributed by atoms with Gasteiger partial charge in [-0.1, -0.05) is 13.8 Å². The third kappa shape index (κ3) is 4.48. The Morgan fingerprint density at radius 2 is 1.71 bits per heavy atom. The number of halogens is 2. The van der Waals surface area contributed by atoms with Crippen LogP contribution in [0.25, 0.3) is 0 Å². The molecule has 1 N–H and O–H groups in total. The van der Waals surface area contributed by atoms with E-state index in [0.29, 0.717) is 11.7 Å². The van der Waals surface area contributed by atoms with Crippen molar-refractivity contribution < 1.29 is 9.84 Å². The van der Waals surface area contributed by atoms with Gasteiger partial charge in [0.1, 0.15) is 11.5 Å². The van der Waals surface area contributed by atoms with Gasteiger partial charge in [-0.15, -0.1) is 0 Å². The molecule has 0 aliphatic heterocycles. The number of rotatable bonds is 4. The summed E-state index contributed by atoms with van der Waals surface area (Å²) in [6, 6.07) is 9.66. The number of phenolic OH excluding ortho intramolecular Hbond substituents is 1. The van der Waals surface area contributed by atoms with Crippen LogP contribution >= 0.6 is 45.2 Å². The van der Waals surface area contributed by atoms with Crippen molar-refractivity contribution in [1.29, 1.82) is 0 Å². The van der Waals surface area contributed by atoms with Crippen LogP contribution < -0.4 is 4.74 Å². The van der Waals surface area contributed by atoms with E-state index in [4.69, 9.17) is 4.74 Å². The molecule has 0 heterocycles. The molecule has 2 nitrogen and oxygen atoms in total. The van der Waals surface area contributed by atoms with Crippen LogP contribution in [0.1, 0.15) is 25.0 Å². The summed E-state index contributed by atoms with van der Waals surface area (Å²) >= 11 is 4.59. The average molecular weight is 508 g/mol. The van der Waals surface area contributed by atoms with Gasteiger partial charge < -0.3 is 9.84 Å². The van der Waals surface area contributed by atoms with E-state index in [9.17, 15) is 5.11 Å². The lowest BCUT2D eigenvalue weighted by atomic mass is 10.0. The zero-order chi connectivity index (χ0) is 15.6. The van der Waals surface area contributed by atoms with E-state index in [2.05, 4.69) is 78.1 Å². The van der Waals surface area contributed by atoms with E-state index >= 15 is 0 Å². The molecule has 2 aromatic carbocycles. The number of phenols is 1. The number of hydrogen-bond acceptors (Lipinski definition) is 2. The number of aromatic hydroxyl groups is 1. The summed E-state index contributed by atoms with van der Waals surface area (Å²) in [5.74, 6) is 2.47. The van der Waals surface area contributed by atoms with Gasteiger partial charge in [-0.05, 0) is 106 Å². The van der Waals surface area contributed by atoms with Gasteiger partial charge in [0.25, 0.3) is 0 Å². The average Bonchev–Trinajstić information content (AvgIpc) is 2.37. The molecule has 0 aliphatic carbocycles. The van der Waals surface area contributed by atoms with Gasteiger partial charge in [-0.25, -0.2) is 0 Å². The van der Waals surface area contributed by atoms with Gasteiger partial charge in [0.15, 0.2) is 5.75 Å². The first-order chi connectivity index (χ1) is 9.86. The van der Waals surface area contributed by atoms with Gasteiger partial charge in [-0.2, -0.15) is 0 Å². The lowest BCUT2D eigenvalue weighted by Gasteiger charge is -2.13. The molecule has 2 aromatic rings. The second kappa shape index (κ2) is 7.17. The normalized spacial score (nSPS) is 11.0. The molecule has 0 amide bonds. The first-order valence-electron chi connectivity index (χ1n) is 6.82. The van der Waals surface area contributed by atoms with Crippen LogP contribution in [0, 0.1) is 20.0 Å². The van der Waals surface area contributed by atoms with Gasteiger partial charge in [-0.3, -0.25) is 0 Å². The fraction of sp³-hybridized carbons (Fsp3) is 0.294. The summed E-state index contributed by atoms with van der Waals surface area (Å²) in [5, 5.41) is 9.94. The van der Waals surface area contributed by atoms with Crippen molar-refractivity contribution in [2.75, 3.05) is 0 Å². The monoisotopic (exact) mass is 508 g/mol. The zero-order valence-corrected chi connectivity index (χ0v) is 16.6. The van der Waals surface area contributed by atoms with Crippen LogP contribution in [0.2, 0.25) is 0 Å². The van der Waals surface area contributed by atoms with E-state index in [1.165, 1.54) is 5.56 Å². The second-order valence-corrected chi connectivity index (χ2v) is 7.87. The molecule has 0 saturated heterocycles. The van der Waals surface area contributed by atoms with Gasteiger partial charge in [0.05, 0.1) is 7.14 Å². The van der Waals surface area contributed by atoms with Gasteiger partial charge in [0, 0.05) is 0 Å². The molecule has 0 radical (unpaired) electrons. The fourth-order valence-corrected chi connectivity index (χ4v) is 4.43. The first-order valence-corrected chi connectivity index (χ1v) is 8.98. The highest BCUT2D eigenvalue weighted by molar-refractivity contribution is 14.1. The van der Waals surface area contributed by atoms with Crippen LogP contribution in [0.3, 0.4) is 0 Å². The minimum Gasteiger partial charge on any atom is -0.508 e. The zero-order valence-electron chi connectivity index (χ0n) is 12.3. The van der Waals surface area contributed by atoms with Crippen molar-refractivity contribution in [3.63, 3.8) is 0 Å². The standard InChI is InChI=1S/C17H18I2O2/c1-10(2)6-12-9-13(4-5-16(12)20)21-17-14(18)7-11(3)8-15(17)19/h4-5,7-10,20H,6H2,1-3H3. The Morgan fingerprint density at radius 3 is 2.29 bits per heavy atom. The highest BCUT2D eigenvalue weighted by Gasteiger charge is 2.11. The Morgan fingerprint density at radius 1 is 1.10 bits per heavy atom. The van der Waals surface area contributed by atoms with Crippen LogP contribution in [-0.2, 0) is 6.42 Å². The highest BCUT2D eigenvalue weighted by Crippen LogP contribution is 2.34. The van der Waals surface area contributed by atoms with Crippen molar-refractivity contribution in [3.05, 3.63) is 48.6 Å². The third-order valence-electron chi connectivity index (χ3n) is 3.04. The second-order valence-electron chi connectivity index (χ2n) is 5.55. The lowest BCUT2D eigenvalue weighted by molar-refractivity contribution is 0.451. The number of hydrogen-bond donors (Lipinski definition) is 1. The molecule has 0 spiro atoms. The first kappa shape index (κ1) is 16.9. The predicted octanol–water partition coefficient (Wildman–Crippen LogP) is 5.90. The largest absolute Gasteiger partial charge is 0.508 e. The quantitative estimate of drug-likeness (QED) is 0.522. The Bertz CT molecular complexity index is 628. The summed E-state index contributed by atoms with van der Waals surface area (Å²) in [7, 11) is 0. The van der Waals surface area contributed by atoms with Crippen LogP contribution in [0.15, 0.2) is 30.3 Å². The van der Waals surface area contributed by atoms with Crippen LogP contribution in [0.4, 0.5) is 0 Å². The van der Waals surface area contributed by atoms with Crippen molar-refractivity contribution in [2.24, 2.45) is 5.92 Å². The van der Waals surface area contributed by atoms with Crippen molar-refractivity contribution in [1.82, 2.24) is 0 Å². The lowest BCUT2D eigenvalue weighted by Crippen LogP contribution is -1.97. The Balaban J connectivity index is 2.32. The highest BCUT2D eigenvalue weighted by atomic mass is 127. The summed E-state index contributed by atoms with van der Waals surface area (Å²) in [6.45, 7) is 6.35. The Labute approximate surface area is 153 Å². The van der Waals surface area contributed by atoms with Crippen LogP contribution in [0.5, 0.6) is 17.2 Å². The molecule has 2 rings (SSSR count). The maximum Gasteiger partial charge on any atom is 0.154 e. The van der Waals surface area contributed by atoms with E-state index in [1.54, 1.807) is 6.07 Å². The fourth-order valence-electron chi connectivity index (χ4n) is 2.13. The Hall–Kier alpha value is -0.500. The van der Waals surface area contributed by atoms with E-state index < -0.39 is 0 Å². The summed E-state index contributed by atoms with van der Waals surface area (Å²) in [4.78, 5) is 0. The molecule has 0 fully saturated rings. The van der Waals surface area contributed by atoms with Crippen LogP contribution in [-0.4, -0.2) is 5.11 Å².